The molecule has 2 fully saturated rings. The Morgan fingerprint density at radius 2 is 2.12 bits per heavy atom. The van der Waals surface area contributed by atoms with Crippen LogP contribution in [-0.4, -0.2) is 48.9 Å². The number of urea groups is 1. The van der Waals surface area contributed by atoms with Crippen LogP contribution in [0, 0.1) is 0 Å². The molecule has 5 heteroatoms. The summed E-state index contributed by atoms with van der Waals surface area (Å²) in [7, 11) is 0. The van der Waals surface area contributed by atoms with Gasteiger partial charge in [0.25, 0.3) is 0 Å². The molecule has 0 aliphatic carbocycles. The monoisotopic (exact) mass is 332 g/mol. The Morgan fingerprint density at radius 3 is 2.88 bits per heavy atom. The van der Waals surface area contributed by atoms with Crippen molar-refractivity contribution in [2.75, 3.05) is 26.3 Å². The van der Waals surface area contributed by atoms with E-state index < -0.39 is 0 Å². The van der Waals surface area contributed by atoms with Crippen molar-refractivity contribution in [3.05, 3.63) is 35.9 Å². The van der Waals surface area contributed by atoms with Gasteiger partial charge in [0.05, 0.1) is 24.9 Å². The number of nitrogens with one attached hydrogen (secondary N) is 1. The van der Waals surface area contributed by atoms with Crippen molar-refractivity contribution < 1.29 is 14.3 Å². The quantitative estimate of drug-likeness (QED) is 0.925. The number of amides is 2. The second-order valence-electron chi connectivity index (χ2n) is 7.01. The summed E-state index contributed by atoms with van der Waals surface area (Å²) >= 11 is 0. The number of ether oxygens (including phenoxy) is 2. The van der Waals surface area contributed by atoms with Gasteiger partial charge in [0, 0.05) is 19.2 Å². The van der Waals surface area contributed by atoms with E-state index in [-0.39, 0.29) is 23.8 Å². The highest BCUT2D eigenvalue weighted by Crippen LogP contribution is 2.28. The zero-order valence-corrected chi connectivity index (χ0v) is 14.7. The third-order valence-corrected chi connectivity index (χ3v) is 5.16. The fraction of sp³-hybridized carbons (Fsp3) is 0.632. The molecule has 2 heterocycles. The molecule has 5 nitrogen and oxygen atoms in total. The standard InChI is InChI=1S/C19H28N2O3/c1-3-19(2)14-21(10-12-24-19)18(22)20-16-9-11-23-17(13-16)15-7-5-4-6-8-15/h4-8,16-17H,3,9-14H2,1-2H3,(H,20,22)/t16-,17+,19-/m1/s1. The topological polar surface area (TPSA) is 50.8 Å². The summed E-state index contributed by atoms with van der Waals surface area (Å²) in [5.41, 5.74) is 0.957. The van der Waals surface area contributed by atoms with Crippen molar-refractivity contribution in [3.63, 3.8) is 0 Å². The normalized spacial score (nSPS) is 30.8. The Labute approximate surface area is 144 Å². The van der Waals surface area contributed by atoms with Crippen LogP contribution in [0.2, 0.25) is 0 Å². The van der Waals surface area contributed by atoms with Gasteiger partial charge in [-0.1, -0.05) is 37.3 Å². The minimum atomic E-state index is -0.224. The fourth-order valence-electron chi connectivity index (χ4n) is 3.41. The van der Waals surface area contributed by atoms with E-state index in [1.807, 2.05) is 23.1 Å². The first-order chi connectivity index (χ1) is 11.6. The van der Waals surface area contributed by atoms with Gasteiger partial charge in [0.2, 0.25) is 0 Å². The van der Waals surface area contributed by atoms with Crippen LogP contribution in [0.25, 0.3) is 0 Å². The van der Waals surface area contributed by atoms with Crippen LogP contribution >= 0.6 is 0 Å². The predicted molar refractivity (Wildman–Crippen MR) is 92.9 cm³/mol. The lowest BCUT2D eigenvalue weighted by molar-refractivity contribution is -0.0879. The van der Waals surface area contributed by atoms with Gasteiger partial charge < -0.3 is 19.7 Å². The summed E-state index contributed by atoms with van der Waals surface area (Å²) in [5, 5.41) is 3.20. The number of carbonyl (C=O) groups excluding carboxylic acids is 1. The second-order valence-corrected chi connectivity index (χ2v) is 7.01. The molecule has 1 N–H and O–H groups in total. The van der Waals surface area contributed by atoms with Gasteiger partial charge in [-0.15, -0.1) is 0 Å². The van der Waals surface area contributed by atoms with Crippen molar-refractivity contribution in [1.29, 1.82) is 0 Å². The number of nitrogens with zero attached hydrogens (tertiary/aromatic N) is 1. The molecule has 2 saturated heterocycles. The Hall–Kier alpha value is -1.59. The molecule has 1 aromatic rings. The summed E-state index contributed by atoms with van der Waals surface area (Å²) in [6.07, 6.45) is 2.66. The molecule has 0 aromatic heterocycles. The van der Waals surface area contributed by atoms with Crippen molar-refractivity contribution in [2.24, 2.45) is 0 Å². The van der Waals surface area contributed by atoms with Crippen LogP contribution in [0.15, 0.2) is 30.3 Å². The summed E-state index contributed by atoms with van der Waals surface area (Å²) in [6, 6.07) is 10.4. The third kappa shape index (κ3) is 4.08. The second kappa shape index (κ2) is 7.53. The van der Waals surface area contributed by atoms with Gasteiger partial charge in [-0.25, -0.2) is 4.79 Å². The number of benzene rings is 1. The van der Waals surface area contributed by atoms with Crippen LogP contribution in [0.4, 0.5) is 4.79 Å². The van der Waals surface area contributed by atoms with Crippen LogP contribution in [0.5, 0.6) is 0 Å². The molecule has 2 aliphatic rings. The molecular weight excluding hydrogens is 304 g/mol. The first kappa shape index (κ1) is 17.2. The van der Waals surface area contributed by atoms with E-state index in [9.17, 15) is 4.79 Å². The molecule has 2 aliphatic heterocycles. The lowest BCUT2D eigenvalue weighted by Crippen LogP contribution is -2.56. The average Bonchev–Trinajstić information content (AvgIpc) is 2.63. The van der Waals surface area contributed by atoms with E-state index >= 15 is 0 Å². The van der Waals surface area contributed by atoms with E-state index in [2.05, 4.69) is 31.3 Å². The van der Waals surface area contributed by atoms with E-state index in [4.69, 9.17) is 9.47 Å². The van der Waals surface area contributed by atoms with Crippen molar-refractivity contribution >= 4 is 6.03 Å². The molecule has 1 aromatic carbocycles. The first-order valence-corrected chi connectivity index (χ1v) is 8.95. The van der Waals surface area contributed by atoms with Crippen molar-refractivity contribution in [1.82, 2.24) is 10.2 Å². The van der Waals surface area contributed by atoms with Crippen LogP contribution in [-0.2, 0) is 9.47 Å². The molecule has 0 unspecified atom stereocenters. The molecule has 132 valence electrons. The van der Waals surface area contributed by atoms with Crippen LogP contribution in [0.3, 0.4) is 0 Å². The summed E-state index contributed by atoms with van der Waals surface area (Å²) in [5.74, 6) is 0. The van der Waals surface area contributed by atoms with Crippen molar-refractivity contribution in [2.45, 2.75) is 50.9 Å². The summed E-state index contributed by atoms with van der Waals surface area (Å²) < 4.78 is 11.7. The van der Waals surface area contributed by atoms with E-state index in [0.717, 1.165) is 19.3 Å². The highest BCUT2D eigenvalue weighted by molar-refractivity contribution is 5.74. The van der Waals surface area contributed by atoms with Gasteiger partial charge in [-0.3, -0.25) is 0 Å². The van der Waals surface area contributed by atoms with Crippen LogP contribution < -0.4 is 5.32 Å². The zero-order chi connectivity index (χ0) is 17.0. The van der Waals surface area contributed by atoms with Gasteiger partial charge in [0.15, 0.2) is 0 Å². The van der Waals surface area contributed by atoms with Gasteiger partial charge in [-0.2, -0.15) is 0 Å². The highest BCUT2D eigenvalue weighted by Gasteiger charge is 2.34. The van der Waals surface area contributed by atoms with Gasteiger partial charge >= 0.3 is 6.03 Å². The molecule has 0 saturated carbocycles. The highest BCUT2D eigenvalue weighted by atomic mass is 16.5. The Kier molecular flexibility index (Phi) is 5.41. The molecule has 24 heavy (non-hydrogen) atoms. The van der Waals surface area contributed by atoms with E-state index in [1.54, 1.807) is 0 Å². The van der Waals surface area contributed by atoms with Gasteiger partial charge in [0.1, 0.15) is 0 Å². The maximum Gasteiger partial charge on any atom is 0.317 e. The minimum absolute atomic E-state index is 0.0247. The number of carbonyl (C=O) groups is 1. The lowest BCUT2D eigenvalue weighted by Gasteiger charge is -2.41. The smallest absolute Gasteiger partial charge is 0.317 e. The number of hydrogen-bond donors (Lipinski definition) is 1. The maximum absolute atomic E-state index is 12.6. The SMILES string of the molecule is CC[C@]1(C)CN(C(=O)N[C@@H]2CCO[C@H](c3ccccc3)C2)CCO1. The first-order valence-electron chi connectivity index (χ1n) is 8.95. The average molecular weight is 332 g/mol. The number of hydrogen-bond acceptors (Lipinski definition) is 3. The molecule has 3 atom stereocenters. The molecule has 2 amide bonds. The number of morpholine rings is 1. The largest absolute Gasteiger partial charge is 0.373 e. The maximum atomic E-state index is 12.6. The molecule has 3 rings (SSSR count). The predicted octanol–water partition coefficient (Wildman–Crippen LogP) is 3.12. The Bertz CT molecular complexity index is 551. The van der Waals surface area contributed by atoms with E-state index in [1.165, 1.54) is 5.56 Å². The summed E-state index contributed by atoms with van der Waals surface area (Å²) in [6.45, 7) is 6.78. The molecular formula is C19H28N2O3. The third-order valence-electron chi connectivity index (χ3n) is 5.16. The summed E-state index contributed by atoms with van der Waals surface area (Å²) in [4.78, 5) is 14.5. The Balaban J connectivity index is 1.56. The van der Waals surface area contributed by atoms with Crippen LogP contribution in [0.1, 0.15) is 44.8 Å². The molecule has 0 bridgehead atoms. The fourth-order valence-corrected chi connectivity index (χ4v) is 3.41. The minimum Gasteiger partial charge on any atom is -0.373 e. The Morgan fingerprint density at radius 1 is 1.33 bits per heavy atom. The van der Waals surface area contributed by atoms with Crippen molar-refractivity contribution in [3.8, 4) is 0 Å². The van der Waals surface area contributed by atoms with Gasteiger partial charge in [-0.05, 0) is 31.7 Å². The van der Waals surface area contributed by atoms with E-state index in [0.29, 0.717) is 26.3 Å². The lowest BCUT2D eigenvalue weighted by atomic mass is 9.97. The molecule has 0 spiro atoms. The number of rotatable bonds is 3. The zero-order valence-electron chi connectivity index (χ0n) is 14.7. The molecule has 0 radical (unpaired) electrons.